The third-order valence-corrected chi connectivity index (χ3v) is 6.78. The number of likely N-dealkylation sites (tertiary alicyclic amines) is 1. The average molecular weight is 491 g/mol. The van der Waals surface area contributed by atoms with Crippen molar-refractivity contribution in [1.29, 1.82) is 0 Å². The van der Waals surface area contributed by atoms with Crippen molar-refractivity contribution < 1.29 is 32.2 Å². The molecule has 0 spiro atoms. The van der Waals surface area contributed by atoms with Gasteiger partial charge in [-0.25, -0.2) is 0 Å². The maximum Gasteiger partial charge on any atom is 0.471 e. The molecule has 35 heavy (non-hydrogen) atoms. The standard InChI is InChI=1S/C26H29F3N2O4/c1-5-35-22-14-25(2)17(12-21(22)34-4)10-11-31(24(32)26(27,28)29)23(25)9-6-16-15-30-20-8-7-18(33-3)13-19(16)20/h7-9,12-13,15,30H,5-6,10-11,14H2,1-4H3/b23-9-. The van der Waals surface area contributed by atoms with E-state index in [0.717, 1.165) is 26.9 Å². The van der Waals surface area contributed by atoms with Gasteiger partial charge in [0.15, 0.2) is 5.76 Å². The number of carbonyl (C=O) groups excluding carboxylic acids is 1. The third kappa shape index (κ3) is 4.51. The minimum absolute atomic E-state index is 0.0612. The number of methoxy groups -OCH3 is 2. The minimum Gasteiger partial charge on any atom is -0.497 e. The smallest absolute Gasteiger partial charge is 0.471 e. The predicted octanol–water partition coefficient (Wildman–Crippen LogP) is 5.63. The number of nitrogens with one attached hydrogen (secondary N) is 1. The number of ether oxygens (including phenoxy) is 3. The van der Waals surface area contributed by atoms with Crippen LogP contribution in [-0.4, -0.2) is 49.3 Å². The highest BCUT2D eigenvalue weighted by atomic mass is 19.4. The highest BCUT2D eigenvalue weighted by molar-refractivity contribution is 5.85. The summed E-state index contributed by atoms with van der Waals surface area (Å²) < 4.78 is 57.3. The van der Waals surface area contributed by atoms with E-state index in [9.17, 15) is 18.0 Å². The van der Waals surface area contributed by atoms with Crippen molar-refractivity contribution in [3.05, 3.63) is 64.9 Å². The summed E-state index contributed by atoms with van der Waals surface area (Å²) in [7, 11) is 3.12. The summed E-state index contributed by atoms with van der Waals surface area (Å²) in [5.74, 6) is -0.0482. The number of piperidine rings is 1. The van der Waals surface area contributed by atoms with Gasteiger partial charge in [-0.2, -0.15) is 13.2 Å². The number of rotatable bonds is 6. The van der Waals surface area contributed by atoms with Gasteiger partial charge in [0.2, 0.25) is 0 Å². The van der Waals surface area contributed by atoms with E-state index in [1.807, 2.05) is 44.3 Å². The zero-order valence-corrected chi connectivity index (χ0v) is 20.2. The van der Waals surface area contributed by atoms with Crippen LogP contribution in [0.25, 0.3) is 10.9 Å². The number of alkyl halides is 3. The lowest BCUT2D eigenvalue weighted by molar-refractivity contribution is -0.184. The molecule has 1 amide bonds. The first-order chi connectivity index (χ1) is 16.6. The van der Waals surface area contributed by atoms with Crippen LogP contribution in [-0.2, 0) is 20.7 Å². The molecular weight excluding hydrogens is 461 g/mol. The van der Waals surface area contributed by atoms with Gasteiger partial charge < -0.3 is 24.1 Å². The maximum absolute atomic E-state index is 13.6. The van der Waals surface area contributed by atoms with Gasteiger partial charge in [-0.05, 0) is 56.5 Å². The normalized spacial score (nSPS) is 21.7. The van der Waals surface area contributed by atoms with E-state index in [1.165, 1.54) is 0 Å². The molecule has 0 bridgehead atoms. The first-order valence-corrected chi connectivity index (χ1v) is 11.5. The Kier molecular flexibility index (Phi) is 6.62. The molecule has 188 valence electrons. The van der Waals surface area contributed by atoms with Gasteiger partial charge in [-0.15, -0.1) is 0 Å². The molecule has 1 fully saturated rings. The number of fused-ring (bicyclic) bond motifs is 2. The molecular formula is C26H29F3N2O4. The molecule has 2 heterocycles. The number of nitrogens with zero attached hydrogens (tertiary/aromatic N) is 1. The topological polar surface area (TPSA) is 63.8 Å². The Balaban J connectivity index is 1.79. The lowest BCUT2D eigenvalue weighted by atomic mass is 9.68. The van der Waals surface area contributed by atoms with Crippen molar-refractivity contribution >= 4 is 16.8 Å². The Morgan fingerprint density at radius 2 is 2.03 bits per heavy atom. The second kappa shape index (κ2) is 9.36. The van der Waals surface area contributed by atoms with Gasteiger partial charge in [0.25, 0.3) is 0 Å². The minimum atomic E-state index is -4.98. The zero-order valence-electron chi connectivity index (χ0n) is 20.2. The number of halogens is 3. The van der Waals surface area contributed by atoms with E-state index < -0.39 is 17.5 Å². The van der Waals surface area contributed by atoms with Crippen LogP contribution in [0.4, 0.5) is 13.2 Å². The molecule has 2 aromatic rings. The van der Waals surface area contributed by atoms with Gasteiger partial charge in [0.1, 0.15) is 11.5 Å². The first kappa shape index (κ1) is 24.8. The Bertz CT molecular complexity index is 1220. The summed E-state index contributed by atoms with van der Waals surface area (Å²) in [6, 6.07) is 5.61. The van der Waals surface area contributed by atoms with E-state index in [4.69, 9.17) is 14.2 Å². The fraction of sp³-hybridized carbons (Fsp3) is 0.423. The molecule has 1 atom stereocenters. The lowest BCUT2D eigenvalue weighted by Gasteiger charge is -2.47. The Hall–Kier alpha value is -3.36. The highest BCUT2D eigenvalue weighted by Crippen LogP contribution is 2.51. The maximum atomic E-state index is 13.6. The lowest BCUT2D eigenvalue weighted by Crippen LogP contribution is -2.49. The molecule has 1 unspecified atom stereocenters. The van der Waals surface area contributed by atoms with Crippen LogP contribution in [0.3, 0.4) is 0 Å². The second-order valence-corrected chi connectivity index (χ2v) is 8.83. The number of carbonyl (C=O) groups is 1. The SMILES string of the molecule is CCOC1=C(OC)C=C2CCN(C(=O)C(F)(F)F)/C(=C\Cc3c[nH]c4ccc(OC)cc34)C2(C)C1. The Labute approximate surface area is 202 Å². The molecule has 9 heteroatoms. The second-order valence-electron chi connectivity index (χ2n) is 8.83. The fourth-order valence-electron chi connectivity index (χ4n) is 5.00. The van der Waals surface area contributed by atoms with Crippen LogP contribution in [0.1, 0.15) is 32.3 Å². The molecule has 0 radical (unpaired) electrons. The van der Waals surface area contributed by atoms with Crippen LogP contribution in [0.15, 0.2) is 59.3 Å². The van der Waals surface area contributed by atoms with Crippen molar-refractivity contribution in [2.75, 3.05) is 27.4 Å². The van der Waals surface area contributed by atoms with Gasteiger partial charge in [0, 0.05) is 41.2 Å². The number of hydrogen-bond donors (Lipinski definition) is 1. The van der Waals surface area contributed by atoms with Crippen LogP contribution in [0, 0.1) is 5.41 Å². The first-order valence-electron chi connectivity index (χ1n) is 11.5. The average Bonchev–Trinajstić information content (AvgIpc) is 3.23. The largest absolute Gasteiger partial charge is 0.497 e. The van der Waals surface area contributed by atoms with Gasteiger partial charge in [-0.1, -0.05) is 11.6 Å². The number of aromatic nitrogens is 1. The van der Waals surface area contributed by atoms with E-state index in [2.05, 4.69) is 4.98 Å². The van der Waals surface area contributed by atoms with E-state index in [1.54, 1.807) is 20.3 Å². The van der Waals surface area contributed by atoms with E-state index >= 15 is 0 Å². The molecule has 1 aromatic heterocycles. The monoisotopic (exact) mass is 490 g/mol. The molecule has 1 aliphatic carbocycles. The van der Waals surface area contributed by atoms with E-state index in [-0.39, 0.29) is 6.54 Å². The fourth-order valence-corrected chi connectivity index (χ4v) is 5.00. The quantitative estimate of drug-likeness (QED) is 0.570. The summed E-state index contributed by atoms with van der Waals surface area (Å²) in [5.41, 5.74) is 2.16. The van der Waals surface area contributed by atoms with Crippen LogP contribution in [0.5, 0.6) is 5.75 Å². The van der Waals surface area contributed by atoms with Crippen molar-refractivity contribution in [2.45, 2.75) is 39.3 Å². The molecule has 1 saturated heterocycles. The summed E-state index contributed by atoms with van der Waals surface area (Å²) in [6.07, 6.45) is 1.37. The zero-order chi connectivity index (χ0) is 25.4. The Morgan fingerprint density at radius 3 is 2.69 bits per heavy atom. The van der Waals surface area contributed by atoms with E-state index in [0.29, 0.717) is 48.8 Å². The number of aromatic amines is 1. The molecule has 4 rings (SSSR count). The summed E-state index contributed by atoms with van der Waals surface area (Å²) >= 11 is 0. The Morgan fingerprint density at radius 1 is 1.26 bits per heavy atom. The summed E-state index contributed by atoms with van der Waals surface area (Å²) in [4.78, 5) is 16.6. The number of amides is 1. The van der Waals surface area contributed by atoms with Crippen molar-refractivity contribution in [1.82, 2.24) is 9.88 Å². The van der Waals surface area contributed by atoms with Crippen molar-refractivity contribution in [2.24, 2.45) is 5.41 Å². The van der Waals surface area contributed by atoms with Crippen LogP contribution >= 0.6 is 0 Å². The van der Waals surface area contributed by atoms with Gasteiger partial charge in [-0.3, -0.25) is 4.79 Å². The molecule has 1 N–H and O–H groups in total. The number of allylic oxidation sites excluding steroid dienone is 4. The molecule has 6 nitrogen and oxygen atoms in total. The number of benzene rings is 1. The third-order valence-electron chi connectivity index (χ3n) is 6.78. The van der Waals surface area contributed by atoms with Crippen LogP contribution < -0.4 is 4.74 Å². The van der Waals surface area contributed by atoms with Crippen LogP contribution in [0.2, 0.25) is 0 Å². The molecule has 1 aromatic carbocycles. The summed E-state index contributed by atoms with van der Waals surface area (Å²) in [6.45, 7) is 4.03. The molecule has 0 saturated carbocycles. The number of hydrogen-bond acceptors (Lipinski definition) is 4. The molecule has 2 aliphatic rings. The highest BCUT2D eigenvalue weighted by Gasteiger charge is 2.51. The van der Waals surface area contributed by atoms with Gasteiger partial charge in [0.05, 0.1) is 20.8 Å². The number of H-pyrrole nitrogens is 1. The molecule has 1 aliphatic heterocycles. The predicted molar refractivity (Wildman–Crippen MR) is 125 cm³/mol. The van der Waals surface area contributed by atoms with Crippen molar-refractivity contribution in [3.8, 4) is 5.75 Å². The summed E-state index contributed by atoms with van der Waals surface area (Å²) in [5, 5.41) is 0.909. The van der Waals surface area contributed by atoms with Gasteiger partial charge >= 0.3 is 12.1 Å². The van der Waals surface area contributed by atoms with Crippen molar-refractivity contribution in [3.63, 3.8) is 0 Å².